The van der Waals surface area contributed by atoms with E-state index in [4.69, 9.17) is 10.5 Å². The quantitative estimate of drug-likeness (QED) is 0.835. The molecule has 0 bridgehead atoms. The maximum atomic E-state index is 12.2. The lowest BCUT2D eigenvalue weighted by molar-refractivity contribution is 0.0922. The van der Waals surface area contributed by atoms with Crippen LogP contribution in [0.15, 0.2) is 18.3 Å². The van der Waals surface area contributed by atoms with Crippen LogP contribution in [0.5, 0.6) is 5.75 Å². The molecular formula is C14H23Cl2N3O2. The fourth-order valence-corrected chi connectivity index (χ4v) is 2.01. The molecule has 1 heterocycles. The normalized spacial score (nSPS) is 14.7. The molecule has 2 rings (SSSR count). The first kappa shape index (κ1) is 20.0. The van der Waals surface area contributed by atoms with Gasteiger partial charge in [0.05, 0.1) is 6.10 Å². The Kier molecular flexibility index (Phi) is 8.63. The second kappa shape index (κ2) is 9.07. The summed E-state index contributed by atoms with van der Waals surface area (Å²) in [7, 11) is 0. The maximum Gasteiger partial charge on any atom is 0.274 e. The van der Waals surface area contributed by atoms with Gasteiger partial charge in [0.1, 0.15) is 0 Å². The third-order valence-electron chi connectivity index (χ3n) is 3.11. The number of nitrogens with zero attached hydrogens (tertiary/aromatic N) is 1. The number of hydrogen-bond donors (Lipinski definition) is 2. The smallest absolute Gasteiger partial charge is 0.274 e. The lowest BCUT2D eigenvalue weighted by Crippen LogP contribution is -2.42. The van der Waals surface area contributed by atoms with E-state index in [9.17, 15) is 4.79 Å². The summed E-state index contributed by atoms with van der Waals surface area (Å²) in [6.45, 7) is 4.30. The monoisotopic (exact) mass is 335 g/mol. The maximum absolute atomic E-state index is 12.2. The minimum atomic E-state index is -0.210. The van der Waals surface area contributed by atoms with Gasteiger partial charge >= 0.3 is 0 Å². The van der Waals surface area contributed by atoms with Crippen LogP contribution < -0.4 is 15.8 Å². The molecule has 5 nitrogen and oxygen atoms in total. The van der Waals surface area contributed by atoms with Gasteiger partial charge < -0.3 is 15.8 Å². The number of carbonyl (C=O) groups is 1. The molecule has 1 aliphatic carbocycles. The number of pyridine rings is 1. The van der Waals surface area contributed by atoms with Gasteiger partial charge in [0, 0.05) is 18.8 Å². The van der Waals surface area contributed by atoms with E-state index < -0.39 is 0 Å². The molecule has 1 unspecified atom stereocenters. The van der Waals surface area contributed by atoms with E-state index in [-0.39, 0.29) is 42.9 Å². The molecule has 21 heavy (non-hydrogen) atoms. The number of carbonyl (C=O) groups excluding carboxylic acids is 1. The SMILES string of the molecule is CC(C)Oc1cccnc1C(=O)NC(CN)C1CC1.Cl.Cl. The van der Waals surface area contributed by atoms with Crippen LogP contribution in [-0.4, -0.2) is 29.6 Å². The Bertz CT molecular complexity index is 454. The van der Waals surface area contributed by atoms with Gasteiger partial charge in [-0.15, -0.1) is 24.8 Å². The Labute approximate surface area is 137 Å². The van der Waals surface area contributed by atoms with Crippen LogP contribution in [0.2, 0.25) is 0 Å². The number of nitrogens with two attached hydrogens (primary N) is 1. The highest BCUT2D eigenvalue weighted by atomic mass is 35.5. The molecule has 7 heteroatoms. The molecule has 1 aromatic rings. The Morgan fingerprint density at radius 1 is 1.48 bits per heavy atom. The van der Waals surface area contributed by atoms with Gasteiger partial charge in [-0.3, -0.25) is 4.79 Å². The fourth-order valence-electron chi connectivity index (χ4n) is 2.01. The summed E-state index contributed by atoms with van der Waals surface area (Å²) in [5.74, 6) is 0.826. The van der Waals surface area contributed by atoms with Crippen LogP contribution in [0.4, 0.5) is 0 Å². The second-order valence-electron chi connectivity index (χ2n) is 5.17. The lowest BCUT2D eigenvalue weighted by Gasteiger charge is -2.17. The first-order chi connectivity index (χ1) is 9.11. The molecule has 0 aliphatic heterocycles. The van der Waals surface area contributed by atoms with Crippen molar-refractivity contribution >= 4 is 30.7 Å². The zero-order valence-corrected chi connectivity index (χ0v) is 13.9. The number of nitrogens with one attached hydrogen (secondary N) is 1. The number of ether oxygens (including phenoxy) is 1. The van der Waals surface area contributed by atoms with Gasteiger partial charge in [-0.1, -0.05) is 0 Å². The first-order valence-corrected chi connectivity index (χ1v) is 6.74. The van der Waals surface area contributed by atoms with Crippen molar-refractivity contribution < 1.29 is 9.53 Å². The van der Waals surface area contributed by atoms with Crippen molar-refractivity contribution in [2.45, 2.75) is 38.8 Å². The standard InChI is InChI=1S/C14H21N3O2.2ClH/c1-9(2)19-12-4-3-7-16-13(12)14(18)17-11(8-15)10-5-6-10;;/h3-4,7,9-11H,5-6,8,15H2,1-2H3,(H,17,18);2*1H. The summed E-state index contributed by atoms with van der Waals surface area (Å²) in [5, 5.41) is 2.95. The largest absolute Gasteiger partial charge is 0.489 e. The molecule has 1 aliphatic rings. The summed E-state index contributed by atoms with van der Waals surface area (Å²) in [6, 6.07) is 3.56. The lowest BCUT2D eigenvalue weighted by atomic mass is 10.2. The Morgan fingerprint density at radius 2 is 2.14 bits per heavy atom. The molecule has 1 saturated carbocycles. The van der Waals surface area contributed by atoms with E-state index in [2.05, 4.69) is 10.3 Å². The number of amides is 1. The number of rotatable bonds is 6. The summed E-state index contributed by atoms with van der Waals surface area (Å²) in [4.78, 5) is 16.4. The van der Waals surface area contributed by atoms with Gasteiger partial charge in [0.15, 0.2) is 11.4 Å². The Balaban J connectivity index is 0.00000200. The van der Waals surface area contributed by atoms with Gasteiger partial charge in [-0.05, 0) is 44.7 Å². The molecule has 0 saturated heterocycles. The third-order valence-corrected chi connectivity index (χ3v) is 3.11. The van der Waals surface area contributed by atoms with Crippen molar-refractivity contribution in [2.75, 3.05) is 6.54 Å². The van der Waals surface area contributed by atoms with Crippen LogP contribution in [0.3, 0.4) is 0 Å². The topological polar surface area (TPSA) is 77.2 Å². The molecule has 1 amide bonds. The highest BCUT2D eigenvalue weighted by Gasteiger charge is 2.32. The van der Waals surface area contributed by atoms with Gasteiger partial charge in [-0.2, -0.15) is 0 Å². The van der Waals surface area contributed by atoms with Crippen LogP contribution in [0.1, 0.15) is 37.2 Å². The average Bonchev–Trinajstić information content (AvgIpc) is 3.20. The number of hydrogen-bond acceptors (Lipinski definition) is 4. The summed E-state index contributed by atoms with van der Waals surface area (Å²) < 4.78 is 5.60. The van der Waals surface area contributed by atoms with Crippen molar-refractivity contribution in [1.82, 2.24) is 10.3 Å². The highest BCUT2D eigenvalue weighted by Crippen LogP contribution is 2.32. The van der Waals surface area contributed by atoms with E-state index in [1.807, 2.05) is 13.8 Å². The molecule has 3 N–H and O–H groups in total. The Hall–Kier alpha value is -1.04. The average molecular weight is 336 g/mol. The van der Waals surface area contributed by atoms with E-state index in [1.54, 1.807) is 18.3 Å². The van der Waals surface area contributed by atoms with E-state index >= 15 is 0 Å². The van der Waals surface area contributed by atoms with Crippen LogP contribution in [-0.2, 0) is 0 Å². The van der Waals surface area contributed by atoms with Crippen molar-refractivity contribution in [1.29, 1.82) is 0 Å². The van der Waals surface area contributed by atoms with Crippen LogP contribution in [0, 0.1) is 5.92 Å². The zero-order chi connectivity index (χ0) is 13.8. The van der Waals surface area contributed by atoms with E-state index in [0.29, 0.717) is 23.9 Å². The second-order valence-corrected chi connectivity index (χ2v) is 5.17. The predicted octanol–water partition coefficient (Wildman–Crippen LogP) is 2.18. The molecule has 0 aromatic carbocycles. The predicted molar refractivity (Wildman–Crippen MR) is 87.5 cm³/mol. The number of aromatic nitrogens is 1. The number of halogens is 2. The summed E-state index contributed by atoms with van der Waals surface area (Å²) >= 11 is 0. The highest BCUT2D eigenvalue weighted by molar-refractivity contribution is 5.95. The minimum Gasteiger partial charge on any atom is -0.489 e. The van der Waals surface area contributed by atoms with Crippen molar-refractivity contribution in [3.8, 4) is 5.75 Å². The van der Waals surface area contributed by atoms with Crippen LogP contribution >= 0.6 is 24.8 Å². The third kappa shape index (κ3) is 5.69. The summed E-state index contributed by atoms with van der Waals surface area (Å²) in [6.07, 6.45) is 3.88. The summed E-state index contributed by atoms with van der Waals surface area (Å²) in [5.41, 5.74) is 6.02. The van der Waals surface area contributed by atoms with Crippen molar-refractivity contribution in [2.24, 2.45) is 11.7 Å². The molecule has 120 valence electrons. The molecular weight excluding hydrogens is 313 g/mol. The molecule has 0 spiro atoms. The van der Waals surface area contributed by atoms with Crippen molar-refractivity contribution in [3.63, 3.8) is 0 Å². The van der Waals surface area contributed by atoms with Gasteiger partial charge in [0.25, 0.3) is 5.91 Å². The fraction of sp³-hybridized carbons (Fsp3) is 0.571. The van der Waals surface area contributed by atoms with Gasteiger partial charge in [-0.25, -0.2) is 4.98 Å². The molecule has 0 radical (unpaired) electrons. The molecule has 1 aromatic heterocycles. The van der Waals surface area contributed by atoms with Gasteiger partial charge in [0.2, 0.25) is 0 Å². The zero-order valence-electron chi connectivity index (χ0n) is 12.2. The van der Waals surface area contributed by atoms with E-state index in [0.717, 1.165) is 12.8 Å². The minimum absolute atomic E-state index is 0. The van der Waals surface area contributed by atoms with Crippen LogP contribution in [0.25, 0.3) is 0 Å². The first-order valence-electron chi connectivity index (χ1n) is 6.74. The molecule has 1 fully saturated rings. The Morgan fingerprint density at radius 3 is 2.67 bits per heavy atom. The van der Waals surface area contributed by atoms with Crippen molar-refractivity contribution in [3.05, 3.63) is 24.0 Å². The molecule has 1 atom stereocenters. The van der Waals surface area contributed by atoms with E-state index in [1.165, 1.54) is 0 Å².